The van der Waals surface area contributed by atoms with Crippen molar-refractivity contribution >= 4 is 5.91 Å². The van der Waals surface area contributed by atoms with Crippen molar-refractivity contribution < 1.29 is 64.6 Å². The Hall–Kier alpha value is -2.83. The van der Waals surface area contributed by atoms with E-state index in [9.17, 15) is 45.6 Å². The molecule has 0 aromatic rings. The van der Waals surface area contributed by atoms with Crippen LogP contribution in [-0.4, -0.2) is 140 Å². The van der Waals surface area contributed by atoms with E-state index in [1.165, 1.54) is 128 Å². The number of rotatable bonds is 52. The second kappa shape index (κ2) is 52.5. The summed E-state index contributed by atoms with van der Waals surface area (Å²) in [7, 11) is 0. The Balaban J connectivity index is 1.73. The van der Waals surface area contributed by atoms with E-state index in [1.54, 1.807) is 6.08 Å². The number of ether oxygens (including phenoxy) is 4. The molecule has 2 heterocycles. The topological polar surface area (TPSA) is 228 Å². The fourth-order valence-corrected chi connectivity index (χ4v) is 10.4. The molecule has 2 aliphatic rings. The molecule has 14 nitrogen and oxygen atoms in total. The van der Waals surface area contributed by atoms with Gasteiger partial charge in [-0.05, 0) is 70.6 Å². The molecule has 12 atom stereocenters. The second-order valence-corrected chi connectivity index (χ2v) is 22.9. The van der Waals surface area contributed by atoms with E-state index in [0.717, 1.165) is 89.9 Å². The lowest BCUT2D eigenvalue weighted by Gasteiger charge is -2.46. The highest BCUT2D eigenvalue weighted by atomic mass is 16.7. The predicted octanol–water partition coefficient (Wildman–Crippen LogP) is 12.4. The summed E-state index contributed by atoms with van der Waals surface area (Å²) in [6.07, 6.45) is 54.7. The van der Waals surface area contributed by atoms with Crippen LogP contribution in [0.3, 0.4) is 0 Å². The SMILES string of the molecule is CC/C=C\C/C=C\C/C=C\C/C=C\C/C=C\C/C=C\CCCCCCCCCCC(=O)NC(COC1OC(CO)C(OC2OC(CO)C(O)C(O)C2O)C(O)C1O)C(O)/C=C/CCCCCCCCCCCCCCCCCCCCC. The quantitative estimate of drug-likeness (QED) is 0.0204. The minimum Gasteiger partial charge on any atom is -0.394 e. The third kappa shape index (κ3) is 36.9. The van der Waals surface area contributed by atoms with Gasteiger partial charge in [0.1, 0.15) is 48.8 Å². The minimum atomic E-state index is -1.79. The molecular formula is C68H119NO13. The molecule has 14 heteroatoms. The molecule has 0 saturated carbocycles. The molecule has 12 unspecified atom stereocenters. The molecule has 2 saturated heterocycles. The van der Waals surface area contributed by atoms with Crippen molar-refractivity contribution in [2.45, 2.75) is 319 Å². The summed E-state index contributed by atoms with van der Waals surface area (Å²) in [5.74, 6) is -0.249. The number of nitrogens with one attached hydrogen (secondary N) is 1. The Morgan fingerprint density at radius 2 is 0.841 bits per heavy atom. The highest BCUT2D eigenvalue weighted by Gasteiger charge is 2.51. The van der Waals surface area contributed by atoms with Gasteiger partial charge < -0.3 is 65.1 Å². The van der Waals surface area contributed by atoms with E-state index < -0.39 is 86.8 Å². The Labute approximate surface area is 497 Å². The van der Waals surface area contributed by atoms with Crippen LogP contribution in [0.2, 0.25) is 0 Å². The third-order valence-electron chi connectivity index (χ3n) is 15.6. The second-order valence-electron chi connectivity index (χ2n) is 22.9. The van der Waals surface area contributed by atoms with Gasteiger partial charge in [0.2, 0.25) is 5.91 Å². The summed E-state index contributed by atoms with van der Waals surface area (Å²) in [6.45, 7) is 2.69. The van der Waals surface area contributed by atoms with Crippen LogP contribution in [0.15, 0.2) is 85.1 Å². The van der Waals surface area contributed by atoms with Crippen molar-refractivity contribution in [3.63, 3.8) is 0 Å². The van der Waals surface area contributed by atoms with Gasteiger partial charge in [0.15, 0.2) is 12.6 Å². The zero-order valence-electron chi connectivity index (χ0n) is 51.2. The highest BCUT2D eigenvalue weighted by molar-refractivity contribution is 5.76. The molecule has 0 aromatic carbocycles. The first-order chi connectivity index (χ1) is 40.1. The van der Waals surface area contributed by atoms with E-state index in [1.807, 2.05) is 6.08 Å². The smallest absolute Gasteiger partial charge is 0.220 e. The monoisotopic (exact) mass is 1160 g/mol. The van der Waals surface area contributed by atoms with E-state index in [0.29, 0.717) is 6.42 Å². The normalized spacial score (nSPS) is 24.5. The summed E-state index contributed by atoms with van der Waals surface area (Å²) in [6, 6.07) is -0.926. The summed E-state index contributed by atoms with van der Waals surface area (Å²) in [4.78, 5) is 13.3. The fraction of sp³-hybridized carbons (Fsp3) is 0.779. The zero-order valence-corrected chi connectivity index (χ0v) is 51.2. The van der Waals surface area contributed by atoms with Gasteiger partial charge in [-0.25, -0.2) is 0 Å². The summed E-state index contributed by atoms with van der Waals surface area (Å²) < 4.78 is 22.8. The van der Waals surface area contributed by atoms with E-state index >= 15 is 0 Å². The van der Waals surface area contributed by atoms with E-state index in [2.05, 4.69) is 92.1 Å². The molecule has 9 N–H and O–H groups in total. The molecule has 0 aliphatic carbocycles. The minimum absolute atomic E-state index is 0.249. The third-order valence-corrected chi connectivity index (χ3v) is 15.6. The lowest BCUT2D eigenvalue weighted by molar-refractivity contribution is -0.359. The first-order valence-electron chi connectivity index (χ1n) is 32.8. The number of carbonyl (C=O) groups is 1. The van der Waals surface area contributed by atoms with Crippen molar-refractivity contribution in [2.24, 2.45) is 0 Å². The molecular weight excluding hydrogens is 1040 g/mol. The number of hydrogen-bond donors (Lipinski definition) is 9. The van der Waals surface area contributed by atoms with Crippen LogP contribution in [0.1, 0.15) is 245 Å². The molecule has 1 amide bonds. The lowest BCUT2D eigenvalue weighted by Crippen LogP contribution is -2.65. The van der Waals surface area contributed by atoms with Gasteiger partial charge in [-0.2, -0.15) is 0 Å². The van der Waals surface area contributed by atoms with Crippen molar-refractivity contribution in [1.29, 1.82) is 0 Å². The van der Waals surface area contributed by atoms with Crippen molar-refractivity contribution in [1.82, 2.24) is 5.32 Å². The van der Waals surface area contributed by atoms with Gasteiger partial charge in [0, 0.05) is 6.42 Å². The van der Waals surface area contributed by atoms with Crippen LogP contribution in [0.25, 0.3) is 0 Å². The van der Waals surface area contributed by atoms with E-state index in [4.69, 9.17) is 18.9 Å². The van der Waals surface area contributed by atoms with Crippen LogP contribution in [-0.2, 0) is 23.7 Å². The van der Waals surface area contributed by atoms with Crippen LogP contribution in [0.5, 0.6) is 0 Å². The van der Waals surface area contributed by atoms with Gasteiger partial charge in [-0.3, -0.25) is 4.79 Å². The Bertz CT molecular complexity index is 1700. The van der Waals surface area contributed by atoms with E-state index in [-0.39, 0.29) is 18.9 Å². The molecule has 0 aromatic heterocycles. The molecule has 2 fully saturated rings. The van der Waals surface area contributed by atoms with Gasteiger partial charge in [0.25, 0.3) is 0 Å². The van der Waals surface area contributed by atoms with Crippen LogP contribution in [0.4, 0.5) is 0 Å². The largest absolute Gasteiger partial charge is 0.394 e. The molecule has 2 aliphatic heterocycles. The standard InChI is InChI=1S/C68H119NO13/c1-3-5-7-9-11-13-15-17-19-21-23-25-26-27-28-29-30-32-34-36-38-40-42-44-46-48-50-52-60(73)69-56(57(72)51-49-47-45-43-41-39-37-35-33-31-24-22-20-18-16-14-12-10-8-6-4-2)55-79-67-65(78)63(76)66(59(54-71)81-67)82-68-64(77)62(75)61(74)58(53-70)80-68/h5,7,11,13,17,19,23,25,27-28,30,32,49,51,56-59,61-68,70-72,74-78H,3-4,6,8-10,12,14-16,18,20-22,24,26,29,31,33-48,50,52-55H2,1-2H3,(H,69,73)/b7-5-,13-11-,19-17-,25-23-,28-27-,32-30-,51-49+. The average molecular weight is 1160 g/mol. The average Bonchev–Trinajstić information content (AvgIpc) is 3.67. The molecule has 0 radical (unpaired) electrons. The summed E-state index contributed by atoms with van der Waals surface area (Å²) >= 11 is 0. The van der Waals surface area contributed by atoms with Crippen molar-refractivity contribution in [3.05, 3.63) is 85.1 Å². The molecule has 474 valence electrons. The van der Waals surface area contributed by atoms with Crippen LogP contribution >= 0.6 is 0 Å². The molecule has 0 bridgehead atoms. The van der Waals surface area contributed by atoms with Gasteiger partial charge >= 0.3 is 0 Å². The number of allylic oxidation sites excluding steroid dienone is 13. The summed E-state index contributed by atoms with van der Waals surface area (Å²) in [5, 5.41) is 87.3. The number of amides is 1. The number of hydrogen-bond acceptors (Lipinski definition) is 13. The number of unbranched alkanes of at least 4 members (excludes halogenated alkanes) is 27. The Morgan fingerprint density at radius 3 is 1.29 bits per heavy atom. The lowest BCUT2D eigenvalue weighted by atomic mass is 9.97. The highest BCUT2D eigenvalue weighted by Crippen LogP contribution is 2.30. The molecule has 82 heavy (non-hydrogen) atoms. The van der Waals surface area contributed by atoms with Gasteiger partial charge in [-0.1, -0.05) is 253 Å². The predicted molar refractivity (Wildman–Crippen MR) is 332 cm³/mol. The molecule has 0 spiro atoms. The van der Waals surface area contributed by atoms with Crippen LogP contribution < -0.4 is 5.32 Å². The maximum Gasteiger partial charge on any atom is 0.220 e. The zero-order chi connectivity index (χ0) is 59.5. The van der Waals surface area contributed by atoms with Crippen molar-refractivity contribution in [2.75, 3.05) is 19.8 Å². The fourth-order valence-electron chi connectivity index (χ4n) is 10.4. The number of aliphatic hydroxyl groups excluding tert-OH is 8. The maximum absolute atomic E-state index is 13.3. The first-order valence-corrected chi connectivity index (χ1v) is 32.8. The van der Waals surface area contributed by atoms with Crippen LogP contribution in [0, 0.1) is 0 Å². The number of aliphatic hydroxyl groups is 8. The molecule has 2 rings (SSSR count). The Morgan fingerprint density at radius 1 is 0.451 bits per heavy atom. The van der Waals surface area contributed by atoms with Gasteiger partial charge in [-0.15, -0.1) is 0 Å². The number of carbonyl (C=O) groups excluding carboxylic acids is 1. The summed E-state index contributed by atoms with van der Waals surface area (Å²) in [5.41, 5.74) is 0. The maximum atomic E-state index is 13.3. The van der Waals surface area contributed by atoms with Gasteiger partial charge in [0.05, 0.1) is 32.0 Å². The first kappa shape index (κ1) is 75.3. The Kier molecular flexibility index (Phi) is 48.2. The van der Waals surface area contributed by atoms with Crippen molar-refractivity contribution in [3.8, 4) is 0 Å².